The lowest BCUT2D eigenvalue weighted by molar-refractivity contribution is 0.432. The van der Waals surface area contributed by atoms with Crippen LogP contribution in [-0.2, 0) is 6.42 Å². The Bertz CT molecular complexity index is 765. The van der Waals surface area contributed by atoms with Gasteiger partial charge >= 0.3 is 0 Å². The van der Waals surface area contributed by atoms with Crippen molar-refractivity contribution in [1.82, 2.24) is 10.1 Å². The van der Waals surface area contributed by atoms with Crippen LogP contribution in [0.3, 0.4) is 0 Å². The summed E-state index contributed by atoms with van der Waals surface area (Å²) in [6, 6.07) is 13.3. The molecule has 3 rings (SSSR count). The molecule has 0 amide bonds. The van der Waals surface area contributed by atoms with Crippen LogP contribution in [0.2, 0.25) is 5.02 Å². The number of rotatable bonds is 3. The average molecular weight is 300 g/mol. The van der Waals surface area contributed by atoms with Gasteiger partial charge in [0.1, 0.15) is 0 Å². The monoisotopic (exact) mass is 299 g/mol. The number of halogens is 1. The molecule has 0 aliphatic heterocycles. The van der Waals surface area contributed by atoms with E-state index in [0.29, 0.717) is 22.4 Å². The van der Waals surface area contributed by atoms with E-state index in [-0.39, 0.29) is 0 Å². The standard InChI is InChI=1S/C16H14ClN3O/c1-2-10-3-5-11(6-4-10)15-19-16(21-20-15)12-7-8-14(18)13(17)9-12/h3-9H,2,18H2,1H3. The molecule has 21 heavy (non-hydrogen) atoms. The van der Waals surface area contributed by atoms with Gasteiger partial charge in [0.05, 0.1) is 10.7 Å². The van der Waals surface area contributed by atoms with Crippen LogP contribution in [0.25, 0.3) is 22.8 Å². The van der Waals surface area contributed by atoms with Crippen molar-refractivity contribution >= 4 is 17.3 Å². The second-order valence-corrected chi connectivity index (χ2v) is 5.12. The highest BCUT2D eigenvalue weighted by molar-refractivity contribution is 6.33. The number of aryl methyl sites for hydroxylation is 1. The number of hydrogen-bond donors (Lipinski definition) is 1. The number of hydrogen-bond acceptors (Lipinski definition) is 4. The van der Waals surface area contributed by atoms with E-state index in [1.807, 2.05) is 12.1 Å². The smallest absolute Gasteiger partial charge is 0.258 e. The first kappa shape index (κ1) is 13.6. The van der Waals surface area contributed by atoms with Crippen LogP contribution < -0.4 is 5.73 Å². The fourth-order valence-electron chi connectivity index (χ4n) is 2.01. The minimum atomic E-state index is 0.423. The number of anilines is 1. The van der Waals surface area contributed by atoms with Crippen molar-refractivity contribution in [2.45, 2.75) is 13.3 Å². The summed E-state index contributed by atoms with van der Waals surface area (Å²) < 4.78 is 5.30. The fraction of sp³-hybridized carbons (Fsp3) is 0.125. The topological polar surface area (TPSA) is 64.9 Å². The summed E-state index contributed by atoms with van der Waals surface area (Å²) in [5.41, 5.74) is 9.15. The molecule has 0 atom stereocenters. The quantitative estimate of drug-likeness (QED) is 0.736. The molecule has 1 aromatic heterocycles. The predicted octanol–water partition coefficient (Wildman–Crippen LogP) is 4.20. The number of nitrogens with zero attached hydrogens (tertiary/aromatic N) is 2. The Hall–Kier alpha value is -2.33. The van der Waals surface area contributed by atoms with Crippen molar-refractivity contribution < 1.29 is 4.52 Å². The molecule has 0 saturated heterocycles. The van der Waals surface area contributed by atoms with E-state index in [2.05, 4.69) is 29.2 Å². The Kier molecular flexibility index (Phi) is 3.62. The first-order chi connectivity index (χ1) is 10.2. The molecule has 0 radical (unpaired) electrons. The van der Waals surface area contributed by atoms with E-state index in [1.54, 1.807) is 18.2 Å². The summed E-state index contributed by atoms with van der Waals surface area (Å²) in [6.45, 7) is 2.12. The number of nitrogen functional groups attached to an aromatic ring is 1. The highest BCUT2D eigenvalue weighted by Crippen LogP contribution is 2.27. The zero-order valence-electron chi connectivity index (χ0n) is 11.5. The van der Waals surface area contributed by atoms with Crippen LogP contribution in [0, 0.1) is 0 Å². The van der Waals surface area contributed by atoms with Gasteiger partial charge in [0.15, 0.2) is 0 Å². The molecule has 2 aromatic carbocycles. The van der Waals surface area contributed by atoms with E-state index < -0.39 is 0 Å². The van der Waals surface area contributed by atoms with Gasteiger partial charge in [-0.05, 0) is 30.2 Å². The molecule has 0 bridgehead atoms. The fourth-order valence-corrected chi connectivity index (χ4v) is 2.19. The first-order valence-corrected chi connectivity index (χ1v) is 7.03. The lowest BCUT2D eigenvalue weighted by atomic mass is 10.1. The van der Waals surface area contributed by atoms with Crippen molar-refractivity contribution in [2.75, 3.05) is 5.73 Å². The lowest BCUT2D eigenvalue weighted by Gasteiger charge is -1.99. The summed E-state index contributed by atoms with van der Waals surface area (Å²) in [7, 11) is 0. The molecular formula is C16H14ClN3O. The van der Waals surface area contributed by atoms with Gasteiger partial charge in [-0.25, -0.2) is 0 Å². The third-order valence-electron chi connectivity index (χ3n) is 3.29. The molecule has 0 spiro atoms. The van der Waals surface area contributed by atoms with Crippen molar-refractivity contribution in [3.63, 3.8) is 0 Å². The van der Waals surface area contributed by atoms with E-state index in [0.717, 1.165) is 17.5 Å². The van der Waals surface area contributed by atoms with Crippen LogP contribution in [0.5, 0.6) is 0 Å². The maximum Gasteiger partial charge on any atom is 0.258 e. The van der Waals surface area contributed by atoms with Crippen LogP contribution in [-0.4, -0.2) is 10.1 Å². The SMILES string of the molecule is CCc1ccc(-c2noc(-c3ccc(N)c(Cl)c3)n2)cc1. The van der Waals surface area contributed by atoms with E-state index in [4.69, 9.17) is 21.9 Å². The predicted molar refractivity (Wildman–Crippen MR) is 84.0 cm³/mol. The van der Waals surface area contributed by atoms with Gasteiger partial charge in [0, 0.05) is 11.1 Å². The summed E-state index contributed by atoms with van der Waals surface area (Å²) in [4.78, 5) is 4.40. The molecule has 2 N–H and O–H groups in total. The Morgan fingerprint density at radius 2 is 1.81 bits per heavy atom. The Balaban J connectivity index is 1.93. The van der Waals surface area contributed by atoms with Gasteiger partial charge in [-0.1, -0.05) is 47.9 Å². The molecule has 0 aliphatic rings. The molecule has 1 heterocycles. The third kappa shape index (κ3) is 2.76. The maximum absolute atomic E-state index is 6.01. The van der Waals surface area contributed by atoms with Crippen molar-refractivity contribution in [2.24, 2.45) is 0 Å². The largest absolute Gasteiger partial charge is 0.398 e. The molecule has 0 saturated carbocycles. The highest BCUT2D eigenvalue weighted by Gasteiger charge is 2.11. The number of aromatic nitrogens is 2. The van der Waals surface area contributed by atoms with Gasteiger partial charge < -0.3 is 10.3 Å². The normalized spacial score (nSPS) is 10.8. The molecule has 106 valence electrons. The third-order valence-corrected chi connectivity index (χ3v) is 3.62. The van der Waals surface area contributed by atoms with Crippen LogP contribution >= 0.6 is 11.6 Å². The molecule has 5 heteroatoms. The minimum absolute atomic E-state index is 0.423. The molecular weight excluding hydrogens is 286 g/mol. The first-order valence-electron chi connectivity index (χ1n) is 6.66. The Labute approximate surface area is 127 Å². The van der Waals surface area contributed by atoms with E-state index >= 15 is 0 Å². The average Bonchev–Trinajstić information content (AvgIpc) is 3.00. The zero-order valence-corrected chi connectivity index (χ0v) is 12.3. The van der Waals surface area contributed by atoms with E-state index in [9.17, 15) is 0 Å². The van der Waals surface area contributed by atoms with Gasteiger partial charge in [-0.2, -0.15) is 4.98 Å². The lowest BCUT2D eigenvalue weighted by Crippen LogP contribution is -1.87. The highest BCUT2D eigenvalue weighted by atomic mass is 35.5. The Morgan fingerprint density at radius 1 is 1.10 bits per heavy atom. The summed E-state index contributed by atoms with van der Waals surface area (Å²) in [5, 5.41) is 4.48. The maximum atomic E-state index is 6.01. The van der Waals surface area contributed by atoms with Crippen LogP contribution in [0.15, 0.2) is 47.0 Å². The van der Waals surface area contributed by atoms with Gasteiger partial charge in [0.25, 0.3) is 5.89 Å². The molecule has 3 aromatic rings. The molecule has 0 unspecified atom stereocenters. The van der Waals surface area contributed by atoms with Crippen LogP contribution in [0.1, 0.15) is 12.5 Å². The number of benzene rings is 2. The van der Waals surface area contributed by atoms with Crippen molar-refractivity contribution in [1.29, 1.82) is 0 Å². The Morgan fingerprint density at radius 3 is 2.48 bits per heavy atom. The van der Waals surface area contributed by atoms with E-state index in [1.165, 1.54) is 5.56 Å². The second kappa shape index (κ2) is 5.58. The van der Waals surface area contributed by atoms with Crippen LogP contribution in [0.4, 0.5) is 5.69 Å². The van der Waals surface area contributed by atoms with Gasteiger partial charge in [0.2, 0.25) is 5.82 Å². The van der Waals surface area contributed by atoms with Crippen molar-refractivity contribution in [3.8, 4) is 22.8 Å². The number of nitrogens with two attached hydrogens (primary N) is 1. The summed E-state index contributed by atoms with van der Waals surface area (Å²) in [5.74, 6) is 0.979. The minimum Gasteiger partial charge on any atom is -0.398 e. The molecule has 0 fully saturated rings. The second-order valence-electron chi connectivity index (χ2n) is 4.71. The van der Waals surface area contributed by atoms with Crippen molar-refractivity contribution in [3.05, 3.63) is 53.1 Å². The van der Waals surface area contributed by atoms with Gasteiger partial charge in [-0.15, -0.1) is 0 Å². The summed E-state index contributed by atoms with van der Waals surface area (Å²) in [6.07, 6.45) is 1.00. The molecule has 0 aliphatic carbocycles. The summed E-state index contributed by atoms with van der Waals surface area (Å²) >= 11 is 6.01. The zero-order chi connectivity index (χ0) is 14.8. The molecule has 4 nitrogen and oxygen atoms in total. The van der Waals surface area contributed by atoms with Gasteiger partial charge in [-0.3, -0.25) is 0 Å².